The molecule has 37 heavy (non-hydrogen) atoms. The molecule has 0 aromatic carbocycles. The molecule has 6 heterocycles. The van der Waals surface area contributed by atoms with Gasteiger partial charge in [0.05, 0.1) is 6.07 Å². The third kappa shape index (κ3) is 8.68. The summed E-state index contributed by atoms with van der Waals surface area (Å²) in [5.74, 6) is 3.68. The largest absolute Gasteiger partial charge is 6.00 e. The first-order chi connectivity index (χ1) is 17.9. The van der Waals surface area contributed by atoms with E-state index in [4.69, 9.17) is 0 Å². The van der Waals surface area contributed by atoms with Crippen LogP contribution in [-0.4, -0.2) is 49.8 Å². The Morgan fingerprint density at radius 1 is 0.324 bits per heavy atom. The molecule has 0 amide bonds. The molecular formula is C24H20N12Ru+8. The number of hydrogen-bond donors (Lipinski definition) is 0. The Bertz CT molecular complexity index is 1110. The van der Waals surface area contributed by atoms with E-state index in [1.54, 1.807) is 92.3 Å². The van der Waals surface area contributed by atoms with Crippen molar-refractivity contribution in [1.82, 2.24) is 49.8 Å². The van der Waals surface area contributed by atoms with Gasteiger partial charge in [0, 0.05) is 62.0 Å². The Balaban J connectivity index is 0.000000152. The zero-order chi connectivity index (χ0) is 24.7. The maximum absolute atomic E-state index is 4.08. The molecule has 0 saturated carbocycles. The molecule has 0 saturated heterocycles. The van der Waals surface area contributed by atoms with Crippen LogP contribution in [-0.2, 0) is 19.5 Å². The minimum atomic E-state index is 0. The van der Waals surface area contributed by atoms with Crippen LogP contribution < -0.4 is 9.97 Å². The summed E-state index contributed by atoms with van der Waals surface area (Å²) in [5, 5.41) is 0. The first-order valence-corrected chi connectivity index (χ1v) is 10.6. The fourth-order valence-electron chi connectivity index (χ4n) is 2.57. The van der Waals surface area contributed by atoms with E-state index in [1.165, 1.54) is 0 Å². The van der Waals surface area contributed by atoms with Crippen molar-refractivity contribution in [3.63, 3.8) is 0 Å². The minimum Gasteiger partial charge on any atom is -0.234 e. The average molecular weight is 578 g/mol. The molecule has 0 spiro atoms. The van der Waals surface area contributed by atoms with Gasteiger partial charge in [-0.2, -0.15) is 9.97 Å². The first-order valence-electron chi connectivity index (χ1n) is 10.6. The van der Waals surface area contributed by atoms with Crippen molar-refractivity contribution in [2.75, 3.05) is 0 Å². The second kappa shape index (κ2) is 15.2. The molecule has 0 radical (unpaired) electrons. The summed E-state index contributed by atoms with van der Waals surface area (Å²) in [6.07, 6.45) is 20.4. The maximum atomic E-state index is 4.08. The smallest absolute Gasteiger partial charge is 0.234 e. The van der Waals surface area contributed by atoms with Gasteiger partial charge in [-0.05, 0) is 30.3 Å². The molecule has 6 rings (SSSR count). The van der Waals surface area contributed by atoms with Crippen LogP contribution >= 0.6 is 0 Å². The number of aromatic nitrogens is 12. The zero-order valence-corrected chi connectivity index (χ0v) is 21.0. The number of nitrogens with zero attached hydrogens (tertiary/aromatic N) is 10. The van der Waals surface area contributed by atoms with Crippen LogP contribution in [0.5, 0.6) is 0 Å². The van der Waals surface area contributed by atoms with Crippen LogP contribution in [0, 0.1) is 0 Å². The van der Waals surface area contributed by atoms with Gasteiger partial charge in [-0.1, -0.05) is 0 Å². The van der Waals surface area contributed by atoms with E-state index in [0.717, 1.165) is 5.82 Å². The van der Waals surface area contributed by atoms with Crippen molar-refractivity contribution < 1.29 is 29.4 Å². The Hall–Kier alpha value is -4.90. The van der Waals surface area contributed by atoms with Gasteiger partial charge in [-0.3, -0.25) is 0 Å². The number of hydrogen-bond acceptors (Lipinski definition) is 10. The normalized spacial score (nSPS) is 9.41. The van der Waals surface area contributed by atoms with Crippen LogP contribution in [0.15, 0.2) is 111 Å². The SMILES string of the molecule is [Ru+6].c1cnc(-c2[nH+]ccc[nH+]2)nc1.c1cnc(-c2ncccn2)nc1.c1cnc(-c2ncccn2)nc1. The molecule has 176 valence electrons. The van der Waals surface area contributed by atoms with Gasteiger partial charge in [0.1, 0.15) is 0 Å². The van der Waals surface area contributed by atoms with Gasteiger partial charge in [0.2, 0.25) is 0 Å². The van der Waals surface area contributed by atoms with E-state index >= 15 is 0 Å². The van der Waals surface area contributed by atoms with Crippen LogP contribution in [0.25, 0.3) is 34.9 Å². The molecule has 0 bridgehead atoms. The van der Waals surface area contributed by atoms with E-state index in [9.17, 15) is 0 Å². The van der Waals surface area contributed by atoms with Crippen LogP contribution in [0.4, 0.5) is 0 Å². The zero-order valence-electron chi connectivity index (χ0n) is 19.2. The minimum absolute atomic E-state index is 0. The Morgan fingerprint density at radius 2 is 0.568 bits per heavy atom. The van der Waals surface area contributed by atoms with Gasteiger partial charge in [0.25, 0.3) is 5.82 Å². The molecule has 0 fully saturated rings. The van der Waals surface area contributed by atoms with E-state index in [0.29, 0.717) is 29.1 Å². The first kappa shape index (κ1) is 26.7. The van der Waals surface area contributed by atoms with Gasteiger partial charge in [0.15, 0.2) is 35.7 Å². The molecule has 0 atom stereocenters. The van der Waals surface area contributed by atoms with Gasteiger partial charge in [-0.25, -0.2) is 49.8 Å². The summed E-state index contributed by atoms with van der Waals surface area (Å²) in [6.45, 7) is 0. The fourth-order valence-corrected chi connectivity index (χ4v) is 2.57. The summed E-state index contributed by atoms with van der Waals surface area (Å²) >= 11 is 0. The molecule has 2 N–H and O–H groups in total. The number of aromatic amines is 2. The molecule has 6 aromatic heterocycles. The standard InChI is InChI=1S/3C8H6N4.Ru/c3*1-3-9-7(10-4-1)8-11-5-2-6-12-8;/h3*1-6H;/q;;;+6/p+2. The predicted octanol–water partition coefficient (Wildman–Crippen LogP) is 1.64. The number of nitrogens with one attached hydrogen (secondary N) is 2. The van der Waals surface area contributed by atoms with Crippen LogP contribution in [0.1, 0.15) is 0 Å². The van der Waals surface area contributed by atoms with Crippen molar-refractivity contribution in [3.05, 3.63) is 111 Å². The Morgan fingerprint density at radius 3 is 0.838 bits per heavy atom. The second-order valence-electron chi connectivity index (χ2n) is 6.55. The fraction of sp³-hybridized carbons (Fsp3) is 0. The van der Waals surface area contributed by atoms with Crippen molar-refractivity contribution in [3.8, 4) is 34.9 Å². The van der Waals surface area contributed by atoms with Gasteiger partial charge in [-0.15, -0.1) is 0 Å². The summed E-state index contributed by atoms with van der Waals surface area (Å²) in [4.78, 5) is 46.3. The molecule has 0 aliphatic carbocycles. The van der Waals surface area contributed by atoms with E-state index in [-0.39, 0.29) is 19.5 Å². The van der Waals surface area contributed by atoms with E-state index < -0.39 is 0 Å². The second-order valence-corrected chi connectivity index (χ2v) is 6.55. The van der Waals surface area contributed by atoms with Crippen molar-refractivity contribution in [2.24, 2.45) is 0 Å². The van der Waals surface area contributed by atoms with E-state index in [2.05, 4.69) is 59.8 Å². The van der Waals surface area contributed by atoms with Gasteiger partial charge < -0.3 is 0 Å². The molecule has 0 aliphatic heterocycles. The summed E-state index contributed by atoms with van der Waals surface area (Å²) in [5.41, 5.74) is 0. The average Bonchev–Trinajstić information content (AvgIpc) is 3.01. The summed E-state index contributed by atoms with van der Waals surface area (Å²) in [6, 6.07) is 10.7. The maximum Gasteiger partial charge on any atom is 6.00 e. The third-order valence-electron chi connectivity index (χ3n) is 4.10. The van der Waals surface area contributed by atoms with Crippen molar-refractivity contribution in [2.45, 2.75) is 0 Å². The Kier molecular flexibility index (Phi) is 10.9. The Labute approximate surface area is 224 Å². The van der Waals surface area contributed by atoms with Crippen LogP contribution in [0.2, 0.25) is 0 Å². The van der Waals surface area contributed by atoms with E-state index in [1.807, 2.05) is 18.5 Å². The third-order valence-corrected chi connectivity index (χ3v) is 4.10. The molecular weight excluding hydrogens is 557 g/mol. The molecule has 6 aromatic rings. The van der Waals surface area contributed by atoms with Crippen LogP contribution in [0.3, 0.4) is 0 Å². The van der Waals surface area contributed by atoms with Gasteiger partial charge >= 0.3 is 25.3 Å². The van der Waals surface area contributed by atoms with Crippen molar-refractivity contribution in [1.29, 1.82) is 0 Å². The number of rotatable bonds is 3. The summed E-state index contributed by atoms with van der Waals surface area (Å²) < 4.78 is 0. The monoisotopic (exact) mass is 578 g/mol. The van der Waals surface area contributed by atoms with Crippen molar-refractivity contribution >= 4 is 0 Å². The molecule has 0 aliphatic rings. The summed E-state index contributed by atoms with van der Waals surface area (Å²) in [7, 11) is 0. The number of H-pyrrole nitrogens is 2. The predicted molar refractivity (Wildman–Crippen MR) is 127 cm³/mol. The molecule has 0 unspecified atom stereocenters. The quantitative estimate of drug-likeness (QED) is 0.283. The molecule has 12 nitrogen and oxygen atoms in total. The topological polar surface area (TPSA) is 157 Å². The molecule has 13 heteroatoms.